The van der Waals surface area contributed by atoms with Gasteiger partial charge in [0.15, 0.2) is 11.5 Å². The van der Waals surface area contributed by atoms with E-state index >= 15 is 0 Å². The Morgan fingerprint density at radius 1 is 1.03 bits per heavy atom. The molecule has 0 unspecified atom stereocenters. The molecule has 0 heterocycles. The van der Waals surface area contributed by atoms with Crippen molar-refractivity contribution in [2.24, 2.45) is 0 Å². The lowest BCUT2D eigenvalue weighted by Gasteiger charge is -2.23. The molecule has 0 radical (unpaired) electrons. The molecule has 3 aromatic rings. The molecule has 0 aromatic heterocycles. The number of amides is 1. The van der Waals surface area contributed by atoms with E-state index in [1.165, 1.54) is 37.4 Å². The van der Waals surface area contributed by atoms with Gasteiger partial charge in [-0.15, -0.1) is 0 Å². The van der Waals surface area contributed by atoms with Crippen molar-refractivity contribution >= 4 is 27.5 Å². The number of methoxy groups -OCH3 is 2. The van der Waals surface area contributed by atoms with Crippen molar-refractivity contribution in [3.8, 4) is 11.5 Å². The van der Waals surface area contributed by atoms with E-state index in [4.69, 9.17) is 21.1 Å². The van der Waals surface area contributed by atoms with Crippen molar-refractivity contribution in [1.29, 1.82) is 0 Å². The molecular weight excluding hydrogens is 507 g/mol. The molecule has 36 heavy (non-hydrogen) atoms. The van der Waals surface area contributed by atoms with Crippen molar-refractivity contribution in [1.82, 2.24) is 9.62 Å². The fourth-order valence-corrected chi connectivity index (χ4v) is 5.13. The van der Waals surface area contributed by atoms with Crippen LogP contribution in [0.2, 0.25) is 5.02 Å². The maximum Gasteiger partial charge on any atom is 0.243 e. The van der Waals surface area contributed by atoms with Crippen LogP contribution in [-0.4, -0.2) is 45.9 Å². The third-order valence-corrected chi connectivity index (χ3v) is 7.72. The fraction of sp³-hybridized carbons (Fsp3) is 0.269. The third kappa shape index (κ3) is 6.75. The first-order valence-corrected chi connectivity index (χ1v) is 12.9. The summed E-state index contributed by atoms with van der Waals surface area (Å²) in [6.07, 6.45) is 0.482. The predicted octanol–water partition coefficient (Wildman–Crippen LogP) is 4.35. The van der Waals surface area contributed by atoms with Gasteiger partial charge >= 0.3 is 0 Å². The van der Waals surface area contributed by atoms with Crippen LogP contribution in [0.5, 0.6) is 11.5 Å². The standard InChI is InChI=1S/C26H28ClFN2O5S/c1-18-7-10-20(11-8-18)36(32,33)30(16-21-22(27)5-4-6-23(21)28)17-26(31)29-14-13-19-9-12-24(34-2)25(15-19)35-3/h4-12,15H,13-14,16-17H2,1-3H3,(H,29,31). The molecular formula is C26H28ClFN2O5S. The summed E-state index contributed by atoms with van der Waals surface area (Å²) >= 11 is 6.14. The van der Waals surface area contributed by atoms with Gasteiger partial charge in [0.25, 0.3) is 0 Å². The Bertz CT molecular complexity index is 1300. The van der Waals surface area contributed by atoms with Gasteiger partial charge in [0.05, 0.1) is 25.7 Å². The first kappa shape index (κ1) is 27.4. The zero-order valence-electron chi connectivity index (χ0n) is 20.3. The van der Waals surface area contributed by atoms with E-state index in [0.29, 0.717) is 17.9 Å². The number of aryl methyl sites for hydroxylation is 1. The average Bonchev–Trinajstić information content (AvgIpc) is 2.85. The molecule has 1 amide bonds. The van der Waals surface area contributed by atoms with Crippen LogP contribution < -0.4 is 14.8 Å². The van der Waals surface area contributed by atoms with E-state index in [-0.39, 0.29) is 22.0 Å². The second-order valence-electron chi connectivity index (χ2n) is 8.08. The van der Waals surface area contributed by atoms with E-state index in [1.54, 1.807) is 31.4 Å². The molecule has 0 aliphatic carbocycles. The van der Waals surface area contributed by atoms with Gasteiger partial charge in [-0.25, -0.2) is 12.8 Å². The lowest BCUT2D eigenvalue weighted by Crippen LogP contribution is -2.41. The summed E-state index contributed by atoms with van der Waals surface area (Å²) in [6.45, 7) is 1.18. The molecule has 192 valence electrons. The summed E-state index contributed by atoms with van der Waals surface area (Å²) in [5, 5.41) is 2.81. The van der Waals surface area contributed by atoms with Crippen LogP contribution in [0.15, 0.2) is 65.6 Å². The molecule has 1 N–H and O–H groups in total. The van der Waals surface area contributed by atoms with Crippen LogP contribution in [0.4, 0.5) is 4.39 Å². The highest BCUT2D eigenvalue weighted by molar-refractivity contribution is 7.89. The Hall–Kier alpha value is -3.14. The molecule has 3 rings (SSSR count). The minimum atomic E-state index is -4.12. The highest BCUT2D eigenvalue weighted by Crippen LogP contribution is 2.28. The van der Waals surface area contributed by atoms with E-state index in [1.807, 2.05) is 13.0 Å². The van der Waals surface area contributed by atoms with Crippen molar-refractivity contribution < 1.29 is 27.1 Å². The Balaban J connectivity index is 1.76. The Labute approximate surface area is 215 Å². The number of hydrogen-bond acceptors (Lipinski definition) is 5. The van der Waals surface area contributed by atoms with Gasteiger partial charge < -0.3 is 14.8 Å². The molecule has 3 aromatic carbocycles. The lowest BCUT2D eigenvalue weighted by molar-refractivity contribution is -0.121. The third-order valence-electron chi connectivity index (χ3n) is 5.56. The number of carbonyl (C=O) groups is 1. The zero-order chi connectivity index (χ0) is 26.3. The summed E-state index contributed by atoms with van der Waals surface area (Å²) in [7, 11) is -1.04. The van der Waals surface area contributed by atoms with Crippen LogP contribution in [0, 0.1) is 12.7 Å². The Morgan fingerprint density at radius 3 is 2.36 bits per heavy atom. The number of benzene rings is 3. The molecule has 0 fully saturated rings. The maximum atomic E-state index is 14.5. The van der Waals surface area contributed by atoms with E-state index in [9.17, 15) is 17.6 Å². The van der Waals surface area contributed by atoms with Gasteiger partial charge in [0.1, 0.15) is 5.82 Å². The quantitative estimate of drug-likeness (QED) is 0.395. The van der Waals surface area contributed by atoms with Crippen molar-refractivity contribution in [2.45, 2.75) is 24.8 Å². The average molecular weight is 535 g/mol. The highest BCUT2D eigenvalue weighted by atomic mass is 35.5. The molecule has 0 spiro atoms. The molecule has 7 nitrogen and oxygen atoms in total. The summed E-state index contributed by atoms with van der Waals surface area (Å²) < 4.78 is 52.7. The molecule has 0 saturated heterocycles. The number of carbonyl (C=O) groups excluding carboxylic acids is 1. The topological polar surface area (TPSA) is 84.9 Å². The van der Waals surface area contributed by atoms with E-state index < -0.39 is 34.8 Å². The number of nitrogens with zero attached hydrogens (tertiary/aromatic N) is 1. The van der Waals surface area contributed by atoms with Crippen LogP contribution in [-0.2, 0) is 27.8 Å². The minimum Gasteiger partial charge on any atom is -0.493 e. The summed E-state index contributed by atoms with van der Waals surface area (Å²) in [5.74, 6) is -0.0217. The highest BCUT2D eigenvalue weighted by Gasteiger charge is 2.28. The number of sulfonamides is 1. The molecule has 0 saturated carbocycles. The first-order chi connectivity index (χ1) is 17.1. The SMILES string of the molecule is COc1ccc(CCNC(=O)CN(Cc2c(F)cccc2Cl)S(=O)(=O)c2ccc(C)cc2)cc1OC. The van der Waals surface area contributed by atoms with E-state index in [2.05, 4.69) is 5.32 Å². The summed E-state index contributed by atoms with van der Waals surface area (Å²) in [5.41, 5.74) is 1.77. The summed E-state index contributed by atoms with van der Waals surface area (Å²) in [6, 6.07) is 15.7. The number of nitrogens with one attached hydrogen (secondary N) is 1. The number of rotatable bonds is 11. The second kappa shape index (κ2) is 12.2. The maximum absolute atomic E-state index is 14.5. The van der Waals surface area contributed by atoms with E-state index in [0.717, 1.165) is 15.4 Å². The number of hydrogen-bond donors (Lipinski definition) is 1. The molecule has 0 aliphatic rings. The first-order valence-electron chi connectivity index (χ1n) is 11.1. The van der Waals surface area contributed by atoms with Gasteiger partial charge in [-0.1, -0.05) is 41.4 Å². The van der Waals surface area contributed by atoms with Crippen LogP contribution in [0.3, 0.4) is 0 Å². The molecule has 0 aliphatic heterocycles. The van der Waals surface area contributed by atoms with Gasteiger partial charge in [0.2, 0.25) is 15.9 Å². The fourth-order valence-electron chi connectivity index (χ4n) is 3.54. The zero-order valence-corrected chi connectivity index (χ0v) is 21.8. The molecule has 0 bridgehead atoms. The number of halogens is 2. The van der Waals surface area contributed by atoms with Crippen LogP contribution in [0.25, 0.3) is 0 Å². The summed E-state index contributed by atoms with van der Waals surface area (Å²) in [4.78, 5) is 12.8. The molecule has 10 heteroatoms. The number of ether oxygens (including phenoxy) is 2. The van der Waals surface area contributed by atoms with Crippen LogP contribution >= 0.6 is 11.6 Å². The van der Waals surface area contributed by atoms with Crippen molar-refractivity contribution in [3.63, 3.8) is 0 Å². The normalized spacial score (nSPS) is 11.4. The Kier molecular flexibility index (Phi) is 9.31. The van der Waals surface area contributed by atoms with Gasteiger partial charge in [-0.05, 0) is 55.3 Å². The van der Waals surface area contributed by atoms with Gasteiger partial charge in [0, 0.05) is 23.7 Å². The smallest absolute Gasteiger partial charge is 0.243 e. The van der Waals surface area contributed by atoms with Crippen molar-refractivity contribution in [3.05, 3.63) is 88.2 Å². The van der Waals surface area contributed by atoms with Gasteiger partial charge in [-0.2, -0.15) is 4.31 Å². The van der Waals surface area contributed by atoms with Gasteiger partial charge in [-0.3, -0.25) is 4.79 Å². The lowest BCUT2D eigenvalue weighted by atomic mass is 10.1. The van der Waals surface area contributed by atoms with Crippen LogP contribution in [0.1, 0.15) is 16.7 Å². The minimum absolute atomic E-state index is 0.00121. The largest absolute Gasteiger partial charge is 0.493 e. The second-order valence-corrected chi connectivity index (χ2v) is 10.4. The predicted molar refractivity (Wildman–Crippen MR) is 136 cm³/mol. The monoisotopic (exact) mass is 534 g/mol. The Morgan fingerprint density at radius 2 is 1.72 bits per heavy atom. The molecule has 0 atom stereocenters. The van der Waals surface area contributed by atoms with Crippen molar-refractivity contribution in [2.75, 3.05) is 27.3 Å².